The Kier molecular flexibility index (Phi) is 7.77. The van der Waals surface area contributed by atoms with Crippen molar-refractivity contribution in [2.24, 2.45) is 11.8 Å². The normalized spacial score (nSPS) is 27.6. The van der Waals surface area contributed by atoms with Crippen LogP contribution < -0.4 is 5.32 Å². The van der Waals surface area contributed by atoms with Crippen LogP contribution in [0.15, 0.2) is 40.7 Å². The van der Waals surface area contributed by atoms with Crippen LogP contribution in [0.2, 0.25) is 10.0 Å². The monoisotopic (exact) mass is 575 g/mol. The van der Waals surface area contributed by atoms with Crippen LogP contribution in [0.4, 0.5) is 0 Å². The Balaban J connectivity index is 1.34. The van der Waals surface area contributed by atoms with Crippen molar-refractivity contribution < 1.29 is 29.4 Å². The van der Waals surface area contributed by atoms with Gasteiger partial charge in [-0.2, -0.15) is 0 Å². The summed E-state index contributed by atoms with van der Waals surface area (Å²) in [6.07, 6.45) is 3.25. The molecule has 3 fully saturated rings. The van der Waals surface area contributed by atoms with E-state index in [1.807, 2.05) is 0 Å². The second-order valence-corrected chi connectivity index (χ2v) is 11.7. The van der Waals surface area contributed by atoms with Crippen LogP contribution >= 0.6 is 23.2 Å². The number of carboxylic acids is 2. The molecule has 1 aromatic carbocycles. The fraction of sp³-hybridized carbons (Fsp3) is 0.500. The number of hydrogen-bond acceptors (Lipinski definition) is 6. The first-order valence-electron chi connectivity index (χ1n) is 13.2. The predicted octanol–water partition coefficient (Wildman–Crippen LogP) is 3.67. The van der Waals surface area contributed by atoms with Crippen molar-refractivity contribution in [3.8, 4) is 0 Å². The van der Waals surface area contributed by atoms with Gasteiger partial charge >= 0.3 is 11.9 Å². The molecule has 1 saturated heterocycles. The standard InChI is InChI=1S/C28H31Cl2N3O6/c1-14-23(27(36)37)26(24-19(29)3-2-4-20(24)30)25(28(38)39)21(31-14)13-22(35)33-7-5-32(6-8-33)17-9-15-11-18(34)12-16(15)10-17/h2-4,15-17,26,31H,5-13H2,1H3,(H,36,37)(H,38,39). The van der Waals surface area contributed by atoms with Gasteiger partial charge in [0.15, 0.2) is 0 Å². The van der Waals surface area contributed by atoms with E-state index in [4.69, 9.17) is 23.2 Å². The lowest BCUT2D eigenvalue weighted by Crippen LogP contribution is -2.52. The first-order chi connectivity index (χ1) is 18.5. The third-order valence-corrected chi connectivity index (χ3v) is 9.36. The van der Waals surface area contributed by atoms with Crippen molar-refractivity contribution in [3.05, 3.63) is 56.3 Å². The minimum atomic E-state index is -1.35. The Morgan fingerprint density at radius 3 is 2.05 bits per heavy atom. The van der Waals surface area contributed by atoms with E-state index in [0.717, 1.165) is 25.9 Å². The van der Waals surface area contributed by atoms with Gasteiger partial charge in [-0.1, -0.05) is 29.3 Å². The number of hydrogen-bond donors (Lipinski definition) is 3. The highest BCUT2D eigenvalue weighted by atomic mass is 35.5. The highest BCUT2D eigenvalue weighted by molar-refractivity contribution is 6.36. The number of ketones is 1. The predicted molar refractivity (Wildman–Crippen MR) is 144 cm³/mol. The number of rotatable bonds is 6. The molecule has 3 atom stereocenters. The summed E-state index contributed by atoms with van der Waals surface area (Å²) in [5, 5.41) is 23.4. The average molecular weight is 576 g/mol. The molecule has 2 saturated carbocycles. The van der Waals surface area contributed by atoms with Crippen LogP contribution in [-0.2, 0) is 19.2 Å². The number of nitrogens with one attached hydrogen (secondary N) is 1. The zero-order valence-corrected chi connectivity index (χ0v) is 23.1. The number of carbonyl (C=O) groups excluding carboxylic acids is 2. The molecular weight excluding hydrogens is 545 g/mol. The van der Waals surface area contributed by atoms with Crippen molar-refractivity contribution in [1.29, 1.82) is 0 Å². The summed E-state index contributed by atoms with van der Waals surface area (Å²) < 4.78 is 0. The van der Waals surface area contributed by atoms with Gasteiger partial charge in [-0.15, -0.1) is 0 Å². The molecule has 3 N–H and O–H groups in total. The van der Waals surface area contributed by atoms with E-state index >= 15 is 0 Å². The number of carbonyl (C=O) groups is 4. The van der Waals surface area contributed by atoms with Crippen molar-refractivity contribution in [3.63, 3.8) is 0 Å². The van der Waals surface area contributed by atoms with Gasteiger partial charge < -0.3 is 20.4 Å². The zero-order valence-electron chi connectivity index (χ0n) is 21.6. The number of dihydropyridines is 1. The van der Waals surface area contributed by atoms with E-state index in [9.17, 15) is 29.4 Å². The van der Waals surface area contributed by atoms with Gasteiger partial charge in [-0.05, 0) is 43.7 Å². The van der Waals surface area contributed by atoms with Gasteiger partial charge in [0.1, 0.15) is 5.78 Å². The smallest absolute Gasteiger partial charge is 0.334 e. The topological polar surface area (TPSA) is 127 Å². The minimum absolute atomic E-state index is 0.131. The first kappa shape index (κ1) is 27.7. The molecule has 3 unspecified atom stereocenters. The van der Waals surface area contributed by atoms with Gasteiger partial charge in [0, 0.05) is 72.1 Å². The highest BCUT2D eigenvalue weighted by Crippen LogP contribution is 2.45. The summed E-state index contributed by atoms with van der Waals surface area (Å²) in [5.41, 5.74) is 0.0958. The number of benzene rings is 1. The molecular formula is C28H31Cl2N3O6. The first-order valence-corrected chi connectivity index (χ1v) is 14.0. The van der Waals surface area contributed by atoms with Gasteiger partial charge in [0.05, 0.1) is 23.5 Å². The number of aliphatic carboxylic acids is 2. The van der Waals surface area contributed by atoms with Crippen molar-refractivity contribution >= 4 is 46.8 Å². The Morgan fingerprint density at radius 1 is 0.949 bits per heavy atom. The lowest BCUT2D eigenvalue weighted by atomic mass is 9.79. The number of piperazine rings is 1. The van der Waals surface area contributed by atoms with Gasteiger partial charge in [-0.3, -0.25) is 14.5 Å². The second-order valence-electron chi connectivity index (χ2n) is 10.9. The van der Waals surface area contributed by atoms with Crippen LogP contribution in [0.25, 0.3) is 0 Å². The molecule has 2 heterocycles. The molecule has 0 spiro atoms. The molecule has 0 radical (unpaired) electrons. The molecule has 5 rings (SSSR count). The summed E-state index contributed by atoms with van der Waals surface area (Å²) in [6.45, 7) is 4.03. The van der Waals surface area contributed by atoms with Crippen LogP contribution in [-0.4, -0.2) is 75.9 Å². The Labute approximate surface area is 236 Å². The van der Waals surface area contributed by atoms with E-state index in [1.165, 1.54) is 19.1 Å². The van der Waals surface area contributed by atoms with Crippen molar-refractivity contribution in [2.75, 3.05) is 26.2 Å². The van der Waals surface area contributed by atoms with E-state index in [0.29, 0.717) is 49.6 Å². The third-order valence-electron chi connectivity index (χ3n) is 8.70. The van der Waals surface area contributed by atoms with Crippen LogP contribution in [0.1, 0.15) is 50.5 Å². The number of halogens is 2. The number of nitrogens with zero attached hydrogens (tertiary/aromatic N) is 2. The second kappa shape index (κ2) is 10.9. The van der Waals surface area contributed by atoms with E-state index in [2.05, 4.69) is 10.2 Å². The van der Waals surface area contributed by atoms with Gasteiger partial charge in [0.25, 0.3) is 0 Å². The lowest BCUT2D eigenvalue weighted by molar-refractivity contribution is -0.133. The maximum atomic E-state index is 13.4. The number of allylic oxidation sites excluding steroid dienone is 1. The number of carboxylic acid groups (broad SMARTS) is 2. The molecule has 39 heavy (non-hydrogen) atoms. The maximum Gasteiger partial charge on any atom is 0.334 e. The summed E-state index contributed by atoms with van der Waals surface area (Å²) in [4.78, 5) is 54.0. The van der Waals surface area contributed by atoms with E-state index < -0.39 is 17.9 Å². The summed E-state index contributed by atoms with van der Waals surface area (Å²) in [5.74, 6) is -2.78. The largest absolute Gasteiger partial charge is 0.478 e. The molecule has 2 aliphatic carbocycles. The fourth-order valence-electron chi connectivity index (χ4n) is 6.89. The molecule has 9 nitrogen and oxygen atoms in total. The third kappa shape index (κ3) is 5.32. The number of Topliss-reactive ketones (excluding diaryl/α,β-unsaturated/α-hetero) is 1. The summed E-state index contributed by atoms with van der Waals surface area (Å²) in [7, 11) is 0. The SMILES string of the molecule is CC1=C(C(=O)O)C(c2c(Cl)cccc2Cl)C(C(=O)O)=C(CC(=O)N2CCN(C3CC4CC(=O)CC4C3)CC2)N1. The van der Waals surface area contributed by atoms with E-state index in [-0.39, 0.29) is 50.5 Å². The molecule has 2 aliphatic heterocycles. The average Bonchev–Trinajstić information content (AvgIpc) is 3.41. The Bertz CT molecular complexity index is 1260. The van der Waals surface area contributed by atoms with Crippen molar-refractivity contribution in [2.45, 2.75) is 51.0 Å². The van der Waals surface area contributed by atoms with Crippen LogP contribution in [0.3, 0.4) is 0 Å². The quantitative estimate of drug-likeness (QED) is 0.469. The van der Waals surface area contributed by atoms with E-state index in [1.54, 1.807) is 11.0 Å². The summed E-state index contributed by atoms with van der Waals surface area (Å²) in [6, 6.07) is 5.09. The molecule has 208 valence electrons. The molecule has 0 aromatic heterocycles. The van der Waals surface area contributed by atoms with Crippen molar-refractivity contribution in [1.82, 2.24) is 15.1 Å². The molecule has 11 heteroatoms. The van der Waals surface area contributed by atoms with Crippen LogP contribution in [0.5, 0.6) is 0 Å². The molecule has 4 aliphatic rings. The molecule has 1 amide bonds. The minimum Gasteiger partial charge on any atom is -0.478 e. The number of amides is 1. The lowest BCUT2D eigenvalue weighted by Gasteiger charge is -2.39. The van der Waals surface area contributed by atoms with Gasteiger partial charge in [0.2, 0.25) is 5.91 Å². The van der Waals surface area contributed by atoms with Gasteiger partial charge in [-0.25, -0.2) is 9.59 Å². The fourth-order valence-corrected chi connectivity index (χ4v) is 7.51. The highest BCUT2D eigenvalue weighted by Gasteiger charge is 2.44. The number of fused-ring (bicyclic) bond motifs is 1. The molecule has 1 aromatic rings. The Morgan fingerprint density at radius 2 is 1.51 bits per heavy atom. The van der Waals surface area contributed by atoms with Crippen LogP contribution in [0, 0.1) is 11.8 Å². The zero-order chi connectivity index (χ0) is 28.0. The maximum absolute atomic E-state index is 13.4. The molecule has 0 bridgehead atoms. The Hall–Kier alpha value is -2.88. The summed E-state index contributed by atoms with van der Waals surface area (Å²) >= 11 is 12.8.